The minimum absolute atomic E-state index is 0.0601. The van der Waals surface area contributed by atoms with Gasteiger partial charge in [-0.15, -0.1) is 0 Å². The van der Waals surface area contributed by atoms with Crippen molar-refractivity contribution < 1.29 is 40.5 Å². The maximum atomic E-state index is 10.1. The van der Waals surface area contributed by atoms with Gasteiger partial charge in [-0.05, 0) is 0 Å². The molecule has 0 aliphatic rings. The van der Waals surface area contributed by atoms with Gasteiger partial charge in [0.05, 0.1) is 6.61 Å². The number of carbonyl (C=O) groups excluding carboxylic acids is 1. The summed E-state index contributed by atoms with van der Waals surface area (Å²) in [6, 6.07) is 0. The van der Waals surface area contributed by atoms with Gasteiger partial charge in [0.25, 0.3) is 0 Å². The van der Waals surface area contributed by atoms with E-state index in [1.807, 2.05) is 0 Å². The second-order valence-corrected chi connectivity index (χ2v) is 3.34. The zero-order chi connectivity index (χ0) is 12.9. The van der Waals surface area contributed by atoms with Crippen molar-refractivity contribution in [3.8, 4) is 0 Å². The maximum Gasteiger partial charge on any atom is 0.151 e. The van der Waals surface area contributed by atoms with Crippen LogP contribution in [0, 0.1) is 0 Å². The Kier molecular flexibility index (Phi) is 6.60. The second kappa shape index (κ2) is 6.86. The monoisotopic (exact) mass is 240 g/mol. The number of carbonyl (C=O) groups is 1. The molecule has 0 bridgehead atoms. The van der Waals surface area contributed by atoms with Gasteiger partial charge in [-0.25, -0.2) is 0 Å². The van der Waals surface area contributed by atoms with E-state index in [1.165, 1.54) is 0 Å². The highest BCUT2D eigenvalue weighted by atomic mass is 16.4. The highest BCUT2D eigenvalue weighted by Crippen LogP contribution is 2.10. The third kappa shape index (κ3) is 3.76. The van der Waals surface area contributed by atoms with Gasteiger partial charge >= 0.3 is 0 Å². The quantitative estimate of drug-likeness (QED) is 0.219. The number of hydrogen-bond donors (Lipinski definition) is 7. The van der Waals surface area contributed by atoms with E-state index in [-0.39, 0.29) is 6.29 Å². The third-order valence-corrected chi connectivity index (χ3v) is 2.12. The van der Waals surface area contributed by atoms with Crippen LogP contribution in [0.25, 0.3) is 0 Å². The van der Waals surface area contributed by atoms with Crippen LogP contribution in [-0.4, -0.2) is 85.3 Å². The van der Waals surface area contributed by atoms with Crippen LogP contribution in [-0.2, 0) is 4.79 Å². The predicted molar refractivity (Wildman–Crippen MR) is 49.2 cm³/mol. The van der Waals surface area contributed by atoms with Crippen molar-refractivity contribution >= 4 is 6.29 Å². The first-order valence-electron chi connectivity index (χ1n) is 4.51. The van der Waals surface area contributed by atoms with E-state index in [0.29, 0.717) is 0 Å². The van der Waals surface area contributed by atoms with E-state index in [0.717, 1.165) is 0 Å². The normalized spacial score (nSPS) is 22.9. The lowest BCUT2D eigenvalue weighted by atomic mass is 9.97. The molecule has 6 atom stereocenters. The van der Waals surface area contributed by atoms with Crippen LogP contribution in [0.15, 0.2) is 0 Å². The summed E-state index contributed by atoms with van der Waals surface area (Å²) >= 11 is 0. The number of aliphatic hydroxyl groups is 7. The van der Waals surface area contributed by atoms with E-state index in [1.54, 1.807) is 0 Å². The molecule has 7 N–H and O–H groups in total. The molecule has 16 heavy (non-hydrogen) atoms. The molecule has 0 aromatic rings. The van der Waals surface area contributed by atoms with Crippen LogP contribution in [0.4, 0.5) is 0 Å². The summed E-state index contributed by atoms with van der Waals surface area (Å²) in [5.74, 6) is 0. The highest BCUT2D eigenvalue weighted by molar-refractivity contribution is 5.56. The molecule has 8 heteroatoms. The lowest BCUT2D eigenvalue weighted by Gasteiger charge is -2.29. The average Bonchev–Trinajstić information content (AvgIpc) is 2.32. The fourth-order valence-electron chi connectivity index (χ4n) is 1.02. The first kappa shape index (κ1) is 15.4. The second-order valence-electron chi connectivity index (χ2n) is 3.34. The zero-order valence-electron chi connectivity index (χ0n) is 8.29. The van der Waals surface area contributed by atoms with Gasteiger partial charge in [0, 0.05) is 0 Å². The zero-order valence-corrected chi connectivity index (χ0v) is 8.29. The van der Waals surface area contributed by atoms with Crippen LogP contribution in [0.5, 0.6) is 0 Å². The Morgan fingerprint density at radius 2 is 1.25 bits per heavy atom. The molecular weight excluding hydrogens is 224 g/mol. The van der Waals surface area contributed by atoms with Crippen molar-refractivity contribution in [1.29, 1.82) is 0 Å². The minimum atomic E-state index is -2.05. The molecule has 0 spiro atoms. The van der Waals surface area contributed by atoms with E-state index in [2.05, 4.69) is 0 Å². The summed E-state index contributed by atoms with van der Waals surface area (Å²) in [6.45, 7) is -0.864. The molecule has 0 saturated carbocycles. The standard InChI is InChI=1S/C8H16O8/c9-1-3(11)5(13)7(15)8(16)6(14)4(12)2-10/h1,3-8,10-16H,2H2/t3-,4+,5-,6+,7-,8+/m1/s1. The van der Waals surface area contributed by atoms with Crippen molar-refractivity contribution in [3.05, 3.63) is 0 Å². The minimum Gasteiger partial charge on any atom is -0.394 e. The van der Waals surface area contributed by atoms with Gasteiger partial charge in [0.2, 0.25) is 0 Å². The first-order valence-corrected chi connectivity index (χ1v) is 4.51. The Hall–Kier alpha value is -0.610. The largest absolute Gasteiger partial charge is 0.394 e. The van der Waals surface area contributed by atoms with E-state index >= 15 is 0 Å². The Morgan fingerprint density at radius 1 is 0.812 bits per heavy atom. The molecule has 0 heterocycles. The molecular formula is C8H16O8. The maximum absolute atomic E-state index is 10.1. The van der Waals surface area contributed by atoms with Crippen molar-refractivity contribution in [3.63, 3.8) is 0 Å². The Morgan fingerprint density at radius 3 is 1.62 bits per heavy atom. The van der Waals surface area contributed by atoms with Crippen molar-refractivity contribution in [2.75, 3.05) is 6.61 Å². The lowest BCUT2D eigenvalue weighted by Crippen LogP contribution is -2.53. The molecule has 0 aromatic carbocycles. The van der Waals surface area contributed by atoms with E-state index in [9.17, 15) is 15.0 Å². The molecule has 0 unspecified atom stereocenters. The summed E-state index contributed by atoms with van der Waals surface area (Å²) in [6.07, 6.45) is -11.7. The van der Waals surface area contributed by atoms with Gasteiger partial charge in [0.15, 0.2) is 6.29 Å². The van der Waals surface area contributed by atoms with Crippen LogP contribution >= 0.6 is 0 Å². The van der Waals surface area contributed by atoms with Gasteiger partial charge in [-0.2, -0.15) is 0 Å². The van der Waals surface area contributed by atoms with Crippen LogP contribution in [0.2, 0.25) is 0 Å². The van der Waals surface area contributed by atoms with Crippen LogP contribution in [0.3, 0.4) is 0 Å². The van der Waals surface area contributed by atoms with E-state index in [4.69, 9.17) is 25.5 Å². The molecule has 0 aliphatic carbocycles. The molecule has 0 radical (unpaired) electrons. The summed E-state index contributed by atoms with van der Waals surface area (Å²) in [7, 11) is 0. The molecule has 0 amide bonds. The Labute approximate surface area is 91.0 Å². The SMILES string of the molecule is O=C[C@@H](O)[C@@H](O)[C@@H](O)[C@@H](O)[C@@H](O)[C@@H](O)CO. The first-order chi connectivity index (χ1) is 7.36. The van der Waals surface area contributed by atoms with Gasteiger partial charge in [-0.3, -0.25) is 0 Å². The van der Waals surface area contributed by atoms with Gasteiger partial charge in [0.1, 0.15) is 36.6 Å². The summed E-state index contributed by atoms with van der Waals surface area (Å²) in [4.78, 5) is 10.1. The number of rotatable bonds is 7. The molecule has 0 fully saturated rings. The summed E-state index contributed by atoms with van der Waals surface area (Å²) < 4.78 is 0. The van der Waals surface area contributed by atoms with Gasteiger partial charge in [-0.1, -0.05) is 0 Å². The Bertz CT molecular complexity index is 210. The topological polar surface area (TPSA) is 159 Å². The summed E-state index contributed by atoms with van der Waals surface area (Å²) in [5, 5.41) is 63.0. The molecule has 0 aliphatic heterocycles. The molecule has 8 nitrogen and oxygen atoms in total. The van der Waals surface area contributed by atoms with Crippen molar-refractivity contribution in [2.45, 2.75) is 36.6 Å². The molecule has 0 aromatic heterocycles. The third-order valence-electron chi connectivity index (χ3n) is 2.12. The van der Waals surface area contributed by atoms with Crippen LogP contribution < -0.4 is 0 Å². The number of aldehydes is 1. The van der Waals surface area contributed by atoms with Crippen molar-refractivity contribution in [1.82, 2.24) is 0 Å². The summed E-state index contributed by atoms with van der Waals surface area (Å²) in [5.41, 5.74) is 0. The number of aliphatic hydroxyl groups excluding tert-OH is 7. The van der Waals surface area contributed by atoms with Crippen LogP contribution in [0.1, 0.15) is 0 Å². The fraction of sp³-hybridized carbons (Fsp3) is 0.875. The molecule has 0 saturated heterocycles. The van der Waals surface area contributed by atoms with Gasteiger partial charge < -0.3 is 40.5 Å². The highest BCUT2D eigenvalue weighted by Gasteiger charge is 2.36. The molecule has 96 valence electrons. The Balaban J connectivity index is 4.47. The van der Waals surface area contributed by atoms with E-state index < -0.39 is 43.2 Å². The fourth-order valence-corrected chi connectivity index (χ4v) is 1.02. The number of hydrogen-bond acceptors (Lipinski definition) is 8. The predicted octanol–water partition coefficient (Wildman–Crippen LogP) is -4.66. The average molecular weight is 240 g/mol. The molecule has 0 rings (SSSR count). The lowest BCUT2D eigenvalue weighted by molar-refractivity contribution is -0.159. The van der Waals surface area contributed by atoms with Crippen molar-refractivity contribution in [2.24, 2.45) is 0 Å². The smallest absolute Gasteiger partial charge is 0.151 e.